The molecule has 0 fully saturated rings. The Morgan fingerprint density at radius 2 is 1.68 bits per heavy atom. The lowest BCUT2D eigenvalue weighted by Crippen LogP contribution is -2.23. The van der Waals surface area contributed by atoms with Gasteiger partial charge in [-0.3, -0.25) is 0 Å². The lowest BCUT2D eigenvalue weighted by atomic mass is 9.97. The molecule has 2 atom stereocenters. The topological polar surface area (TPSA) is 3.24 Å². The number of hydrogen-bond acceptors (Lipinski definition) is 1. The minimum atomic E-state index is 0.0906. The zero-order chi connectivity index (χ0) is 14.3. The van der Waals surface area contributed by atoms with E-state index in [9.17, 15) is 0 Å². The first-order valence-corrected chi connectivity index (χ1v) is 7.94. The smallest absolute Gasteiger partial charge is 0.0712 e. The first kappa shape index (κ1) is 16.5. The van der Waals surface area contributed by atoms with Crippen LogP contribution in [0, 0.1) is 0 Å². The highest BCUT2D eigenvalue weighted by Gasteiger charge is 2.11. The molecule has 0 heterocycles. The van der Waals surface area contributed by atoms with Crippen molar-refractivity contribution in [1.82, 2.24) is 4.90 Å². The lowest BCUT2D eigenvalue weighted by Gasteiger charge is -2.20. The first-order chi connectivity index (χ1) is 9.08. The third-order valence-electron chi connectivity index (χ3n) is 3.84. The molecule has 1 rings (SSSR count). The maximum atomic E-state index is 6.50. The summed E-state index contributed by atoms with van der Waals surface area (Å²) in [5.74, 6) is 0.634. The van der Waals surface area contributed by atoms with Crippen molar-refractivity contribution in [2.24, 2.45) is 0 Å². The van der Waals surface area contributed by atoms with Crippen molar-refractivity contribution in [3.63, 3.8) is 0 Å². The van der Waals surface area contributed by atoms with Crippen LogP contribution in [0.3, 0.4) is 0 Å². The third-order valence-corrected chi connectivity index (χ3v) is 4.23. The van der Waals surface area contributed by atoms with Gasteiger partial charge in [-0.05, 0) is 43.5 Å². The maximum Gasteiger partial charge on any atom is 0.0712 e. The lowest BCUT2D eigenvalue weighted by molar-refractivity contribution is 0.328. The molecule has 0 spiro atoms. The standard InChI is InChI=1S/C17H28ClN/c1-5-7-12-19(4)13-17(18)16-10-8-15(9-11-16)14(3)6-2/h8-11,14,17H,5-7,12-13H2,1-4H3. The fourth-order valence-electron chi connectivity index (χ4n) is 2.17. The number of hydrogen-bond donors (Lipinski definition) is 0. The van der Waals surface area contributed by atoms with Crippen molar-refractivity contribution in [3.05, 3.63) is 35.4 Å². The van der Waals surface area contributed by atoms with Crippen LogP contribution in [0.4, 0.5) is 0 Å². The van der Waals surface area contributed by atoms with Crippen LogP contribution in [0.1, 0.15) is 62.5 Å². The summed E-state index contributed by atoms with van der Waals surface area (Å²) in [6.45, 7) is 8.77. The number of likely N-dealkylation sites (N-methyl/N-ethyl adjacent to an activating group) is 1. The van der Waals surface area contributed by atoms with Crippen LogP contribution in [0.2, 0.25) is 0 Å². The first-order valence-electron chi connectivity index (χ1n) is 7.50. The van der Waals surface area contributed by atoms with E-state index in [1.807, 2.05) is 0 Å². The van der Waals surface area contributed by atoms with Crippen molar-refractivity contribution in [1.29, 1.82) is 0 Å². The number of nitrogens with zero attached hydrogens (tertiary/aromatic N) is 1. The van der Waals surface area contributed by atoms with Gasteiger partial charge in [0, 0.05) is 6.54 Å². The molecule has 1 aromatic rings. The Kier molecular flexibility index (Phi) is 7.48. The van der Waals surface area contributed by atoms with Gasteiger partial charge in [-0.25, -0.2) is 0 Å². The Morgan fingerprint density at radius 1 is 1.11 bits per heavy atom. The van der Waals surface area contributed by atoms with Gasteiger partial charge in [0.1, 0.15) is 0 Å². The number of rotatable bonds is 8. The van der Waals surface area contributed by atoms with E-state index in [-0.39, 0.29) is 5.38 Å². The molecule has 0 radical (unpaired) electrons. The SMILES string of the molecule is CCCCN(C)CC(Cl)c1ccc(C(C)CC)cc1. The molecule has 108 valence electrons. The van der Waals surface area contributed by atoms with E-state index < -0.39 is 0 Å². The van der Waals surface area contributed by atoms with Crippen LogP contribution in [0.25, 0.3) is 0 Å². The molecule has 0 aromatic heterocycles. The molecular weight excluding hydrogens is 254 g/mol. The van der Waals surface area contributed by atoms with Crippen molar-refractivity contribution in [2.45, 2.75) is 51.3 Å². The van der Waals surface area contributed by atoms with E-state index in [0.717, 1.165) is 13.1 Å². The largest absolute Gasteiger partial charge is 0.305 e. The molecular formula is C17H28ClN. The normalized spacial score (nSPS) is 14.6. The monoisotopic (exact) mass is 281 g/mol. The van der Waals surface area contributed by atoms with E-state index in [1.54, 1.807) is 0 Å². The minimum Gasteiger partial charge on any atom is -0.305 e. The number of unbranched alkanes of at least 4 members (excludes halogenated alkanes) is 1. The third kappa shape index (κ3) is 5.54. The summed E-state index contributed by atoms with van der Waals surface area (Å²) in [6.07, 6.45) is 3.66. The van der Waals surface area contributed by atoms with Crippen LogP contribution in [0.5, 0.6) is 0 Å². The summed E-state index contributed by atoms with van der Waals surface area (Å²) in [7, 11) is 2.15. The molecule has 0 aliphatic carbocycles. The van der Waals surface area contributed by atoms with E-state index in [0.29, 0.717) is 5.92 Å². The fraction of sp³-hybridized carbons (Fsp3) is 0.647. The van der Waals surface area contributed by atoms with Crippen LogP contribution in [0.15, 0.2) is 24.3 Å². The summed E-state index contributed by atoms with van der Waals surface area (Å²) < 4.78 is 0. The molecule has 19 heavy (non-hydrogen) atoms. The number of benzene rings is 1. The average Bonchev–Trinajstić information content (AvgIpc) is 2.44. The Morgan fingerprint density at radius 3 is 2.21 bits per heavy atom. The molecule has 0 saturated carbocycles. The Bertz CT molecular complexity index is 347. The summed E-state index contributed by atoms with van der Waals surface area (Å²) in [6, 6.07) is 8.83. The quantitative estimate of drug-likeness (QED) is 0.591. The molecule has 2 heteroatoms. The zero-order valence-corrected chi connectivity index (χ0v) is 13.6. The molecule has 0 aliphatic rings. The van der Waals surface area contributed by atoms with Crippen molar-refractivity contribution < 1.29 is 0 Å². The van der Waals surface area contributed by atoms with E-state index in [1.165, 1.54) is 30.4 Å². The second-order valence-corrected chi connectivity index (χ2v) is 6.09. The van der Waals surface area contributed by atoms with Crippen molar-refractivity contribution in [3.8, 4) is 0 Å². The fourth-order valence-corrected chi connectivity index (χ4v) is 2.55. The molecule has 2 unspecified atom stereocenters. The van der Waals surface area contributed by atoms with Crippen LogP contribution >= 0.6 is 11.6 Å². The van der Waals surface area contributed by atoms with Crippen molar-refractivity contribution in [2.75, 3.05) is 20.1 Å². The highest BCUT2D eigenvalue weighted by atomic mass is 35.5. The molecule has 0 aliphatic heterocycles. The van der Waals surface area contributed by atoms with Crippen LogP contribution in [-0.2, 0) is 0 Å². The zero-order valence-electron chi connectivity index (χ0n) is 12.8. The van der Waals surface area contributed by atoms with Gasteiger partial charge >= 0.3 is 0 Å². The van der Waals surface area contributed by atoms with E-state index in [2.05, 4.69) is 57.0 Å². The summed E-state index contributed by atoms with van der Waals surface area (Å²) in [5, 5.41) is 0.0906. The predicted molar refractivity (Wildman–Crippen MR) is 86.1 cm³/mol. The maximum absolute atomic E-state index is 6.50. The minimum absolute atomic E-state index is 0.0906. The molecule has 0 saturated heterocycles. The predicted octanol–water partition coefficient (Wildman–Crippen LogP) is 5.21. The molecule has 1 aromatic carbocycles. The Labute approximate surface area is 124 Å². The second-order valence-electron chi connectivity index (χ2n) is 5.56. The summed E-state index contributed by atoms with van der Waals surface area (Å²) in [4.78, 5) is 2.32. The molecule has 0 bridgehead atoms. The van der Waals surface area contributed by atoms with Crippen LogP contribution < -0.4 is 0 Å². The average molecular weight is 282 g/mol. The molecule has 0 N–H and O–H groups in total. The molecule has 0 amide bonds. The van der Waals surface area contributed by atoms with E-state index >= 15 is 0 Å². The van der Waals surface area contributed by atoms with Gasteiger partial charge in [-0.2, -0.15) is 0 Å². The van der Waals surface area contributed by atoms with Crippen LogP contribution in [-0.4, -0.2) is 25.0 Å². The Hall–Kier alpha value is -0.530. The van der Waals surface area contributed by atoms with Gasteiger partial charge < -0.3 is 4.90 Å². The summed E-state index contributed by atoms with van der Waals surface area (Å²) in [5.41, 5.74) is 2.64. The van der Waals surface area contributed by atoms with Gasteiger partial charge in [0.15, 0.2) is 0 Å². The van der Waals surface area contributed by atoms with Crippen molar-refractivity contribution >= 4 is 11.6 Å². The van der Waals surface area contributed by atoms with Gasteiger partial charge in [0.2, 0.25) is 0 Å². The number of alkyl halides is 1. The highest BCUT2D eigenvalue weighted by Crippen LogP contribution is 2.25. The van der Waals surface area contributed by atoms with Gasteiger partial charge in [0.05, 0.1) is 5.38 Å². The van der Waals surface area contributed by atoms with Gasteiger partial charge in [0.25, 0.3) is 0 Å². The number of halogens is 1. The summed E-state index contributed by atoms with van der Waals surface area (Å²) >= 11 is 6.50. The second kappa shape index (κ2) is 8.60. The van der Waals surface area contributed by atoms with Gasteiger partial charge in [-0.1, -0.05) is 51.5 Å². The highest BCUT2D eigenvalue weighted by molar-refractivity contribution is 6.21. The molecule has 1 nitrogen and oxygen atoms in total. The van der Waals surface area contributed by atoms with Gasteiger partial charge in [-0.15, -0.1) is 11.6 Å². The van der Waals surface area contributed by atoms with E-state index in [4.69, 9.17) is 11.6 Å². The Balaban J connectivity index is 2.55.